The lowest BCUT2D eigenvalue weighted by atomic mass is 10.2. The van der Waals surface area contributed by atoms with E-state index in [2.05, 4.69) is 20.5 Å². The van der Waals surface area contributed by atoms with Gasteiger partial charge in [-0.25, -0.2) is 4.98 Å². The molecule has 0 aliphatic carbocycles. The van der Waals surface area contributed by atoms with E-state index in [0.29, 0.717) is 0 Å². The van der Waals surface area contributed by atoms with Crippen LogP contribution in [0.5, 0.6) is 0 Å². The lowest BCUT2D eigenvalue weighted by molar-refractivity contribution is 0.572. The molecule has 0 radical (unpaired) electrons. The molecular formula is C15H12N4O. The number of anilines is 1. The molecule has 20 heavy (non-hydrogen) atoms. The van der Waals surface area contributed by atoms with E-state index in [1.807, 2.05) is 42.5 Å². The monoisotopic (exact) mass is 264 g/mol. The van der Waals surface area contributed by atoms with Crippen LogP contribution in [0, 0.1) is 0 Å². The average molecular weight is 264 g/mol. The highest BCUT2D eigenvalue weighted by Gasteiger charge is 2.00. The van der Waals surface area contributed by atoms with Gasteiger partial charge in [0.2, 0.25) is 0 Å². The summed E-state index contributed by atoms with van der Waals surface area (Å²) in [6, 6.07) is 13.4. The molecule has 0 aliphatic rings. The Labute approximate surface area is 116 Å². The standard InChI is InChI=1S/C15H12N4O/c1-2-8-17-14(3-1)9-18-19-13-6-4-12(5-7-13)15-10-16-11-20-15/h1-11,19H. The maximum absolute atomic E-state index is 5.23. The second-order valence-electron chi connectivity index (χ2n) is 4.07. The van der Waals surface area contributed by atoms with Crippen molar-refractivity contribution in [1.82, 2.24) is 9.97 Å². The number of aromatic nitrogens is 2. The van der Waals surface area contributed by atoms with E-state index in [9.17, 15) is 0 Å². The summed E-state index contributed by atoms with van der Waals surface area (Å²) in [6.07, 6.45) is 6.50. The smallest absolute Gasteiger partial charge is 0.181 e. The van der Waals surface area contributed by atoms with Gasteiger partial charge in [-0.15, -0.1) is 0 Å². The Bertz CT molecular complexity index is 676. The molecule has 5 heteroatoms. The first-order valence-electron chi connectivity index (χ1n) is 6.11. The average Bonchev–Trinajstić information content (AvgIpc) is 3.03. The first kappa shape index (κ1) is 12.1. The Morgan fingerprint density at radius 3 is 2.70 bits per heavy atom. The van der Waals surface area contributed by atoms with E-state index in [4.69, 9.17) is 4.42 Å². The normalized spacial score (nSPS) is 10.8. The lowest BCUT2D eigenvalue weighted by Gasteiger charge is -2.01. The van der Waals surface area contributed by atoms with E-state index < -0.39 is 0 Å². The highest BCUT2D eigenvalue weighted by atomic mass is 16.3. The Balaban J connectivity index is 1.65. The minimum atomic E-state index is 0.744. The van der Waals surface area contributed by atoms with Crippen LogP contribution < -0.4 is 5.43 Å². The molecule has 1 aromatic carbocycles. The van der Waals surface area contributed by atoms with Crippen molar-refractivity contribution in [2.75, 3.05) is 5.43 Å². The highest BCUT2D eigenvalue weighted by Crippen LogP contribution is 2.20. The van der Waals surface area contributed by atoms with Crippen molar-refractivity contribution in [3.05, 3.63) is 66.9 Å². The SMILES string of the molecule is C(=NNc1ccc(-c2cnco2)cc1)c1ccccn1. The zero-order chi connectivity index (χ0) is 13.6. The quantitative estimate of drug-likeness (QED) is 0.580. The summed E-state index contributed by atoms with van der Waals surface area (Å²) in [7, 11) is 0. The van der Waals surface area contributed by atoms with E-state index >= 15 is 0 Å². The Morgan fingerprint density at radius 2 is 2.00 bits per heavy atom. The number of oxazole rings is 1. The summed E-state index contributed by atoms with van der Waals surface area (Å²) in [5.74, 6) is 0.744. The fourth-order valence-electron chi connectivity index (χ4n) is 1.69. The third-order valence-electron chi connectivity index (χ3n) is 2.68. The molecule has 3 aromatic rings. The molecule has 98 valence electrons. The maximum Gasteiger partial charge on any atom is 0.181 e. The fraction of sp³-hybridized carbons (Fsp3) is 0. The molecule has 5 nitrogen and oxygen atoms in total. The Morgan fingerprint density at radius 1 is 1.10 bits per heavy atom. The Hall–Kier alpha value is -2.95. The molecule has 0 atom stereocenters. The zero-order valence-electron chi connectivity index (χ0n) is 10.6. The van der Waals surface area contributed by atoms with Crippen LogP contribution in [-0.4, -0.2) is 16.2 Å². The molecular weight excluding hydrogens is 252 g/mol. The van der Waals surface area contributed by atoms with Crippen LogP contribution in [0.15, 0.2) is 70.8 Å². The molecule has 0 spiro atoms. The van der Waals surface area contributed by atoms with Gasteiger partial charge in [0, 0.05) is 11.8 Å². The molecule has 0 bridgehead atoms. The van der Waals surface area contributed by atoms with Crippen LogP contribution in [0.25, 0.3) is 11.3 Å². The molecule has 0 unspecified atom stereocenters. The first-order valence-corrected chi connectivity index (χ1v) is 6.11. The van der Waals surface area contributed by atoms with E-state index in [-0.39, 0.29) is 0 Å². The number of hydrazone groups is 1. The van der Waals surface area contributed by atoms with Crippen molar-refractivity contribution in [3.8, 4) is 11.3 Å². The van der Waals surface area contributed by atoms with Crippen molar-refractivity contribution in [2.45, 2.75) is 0 Å². The van der Waals surface area contributed by atoms with E-state index in [1.54, 1.807) is 18.6 Å². The van der Waals surface area contributed by atoms with E-state index in [1.165, 1.54) is 6.39 Å². The van der Waals surface area contributed by atoms with Gasteiger partial charge in [-0.3, -0.25) is 10.4 Å². The van der Waals surface area contributed by atoms with Gasteiger partial charge in [0.15, 0.2) is 12.2 Å². The summed E-state index contributed by atoms with van der Waals surface area (Å²) < 4.78 is 5.23. The third kappa shape index (κ3) is 2.89. The lowest BCUT2D eigenvalue weighted by Crippen LogP contribution is -1.92. The van der Waals surface area contributed by atoms with Crippen LogP contribution in [0.1, 0.15) is 5.69 Å². The van der Waals surface area contributed by atoms with Gasteiger partial charge >= 0.3 is 0 Å². The molecule has 0 aliphatic heterocycles. The summed E-state index contributed by atoms with van der Waals surface area (Å²) in [4.78, 5) is 8.04. The van der Waals surface area contributed by atoms with Crippen LogP contribution >= 0.6 is 0 Å². The maximum atomic E-state index is 5.23. The zero-order valence-corrected chi connectivity index (χ0v) is 10.6. The highest BCUT2D eigenvalue weighted by molar-refractivity contribution is 5.77. The van der Waals surface area contributed by atoms with Gasteiger partial charge in [-0.2, -0.15) is 5.10 Å². The van der Waals surface area contributed by atoms with Crippen molar-refractivity contribution < 1.29 is 4.42 Å². The van der Waals surface area contributed by atoms with Crippen LogP contribution in [0.3, 0.4) is 0 Å². The summed E-state index contributed by atoms with van der Waals surface area (Å²) >= 11 is 0. The molecule has 2 aromatic heterocycles. The Kier molecular flexibility index (Phi) is 3.51. The van der Waals surface area contributed by atoms with Gasteiger partial charge in [-0.05, 0) is 36.4 Å². The minimum Gasteiger partial charge on any atom is -0.444 e. The number of nitrogens with zero attached hydrogens (tertiary/aromatic N) is 3. The van der Waals surface area contributed by atoms with E-state index in [0.717, 1.165) is 22.7 Å². The largest absolute Gasteiger partial charge is 0.444 e. The number of nitrogens with one attached hydrogen (secondary N) is 1. The molecule has 1 N–H and O–H groups in total. The topological polar surface area (TPSA) is 63.3 Å². The van der Waals surface area contributed by atoms with Crippen LogP contribution in [-0.2, 0) is 0 Å². The number of pyridine rings is 1. The van der Waals surface area contributed by atoms with Crippen molar-refractivity contribution in [1.29, 1.82) is 0 Å². The van der Waals surface area contributed by atoms with Crippen LogP contribution in [0.4, 0.5) is 5.69 Å². The summed E-state index contributed by atoms with van der Waals surface area (Å²) in [5, 5.41) is 4.13. The second kappa shape index (κ2) is 5.79. The fourth-order valence-corrected chi connectivity index (χ4v) is 1.69. The predicted molar refractivity (Wildman–Crippen MR) is 77.4 cm³/mol. The van der Waals surface area contributed by atoms with Gasteiger partial charge in [0.1, 0.15) is 0 Å². The second-order valence-corrected chi connectivity index (χ2v) is 4.07. The summed E-state index contributed by atoms with van der Waals surface area (Å²) in [5.41, 5.74) is 5.62. The van der Waals surface area contributed by atoms with Crippen molar-refractivity contribution in [3.63, 3.8) is 0 Å². The van der Waals surface area contributed by atoms with Crippen molar-refractivity contribution >= 4 is 11.9 Å². The van der Waals surface area contributed by atoms with Gasteiger partial charge in [0.25, 0.3) is 0 Å². The number of benzene rings is 1. The van der Waals surface area contributed by atoms with Gasteiger partial charge in [0.05, 0.1) is 23.8 Å². The van der Waals surface area contributed by atoms with Crippen molar-refractivity contribution in [2.24, 2.45) is 5.10 Å². The minimum absolute atomic E-state index is 0.744. The molecule has 0 fully saturated rings. The molecule has 2 heterocycles. The molecule has 0 amide bonds. The molecule has 0 saturated heterocycles. The van der Waals surface area contributed by atoms with Gasteiger partial charge in [-0.1, -0.05) is 6.07 Å². The first-order chi connectivity index (χ1) is 9.92. The summed E-state index contributed by atoms with van der Waals surface area (Å²) in [6.45, 7) is 0. The van der Waals surface area contributed by atoms with Crippen LogP contribution in [0.2, 0.25) is 0 Å². The van der Waals surface area contributed by atoms with Gasteiger partial charge < -0.3 is 4.42 Å². The number of hydrogen-bond acceptors (Lipinski definition) is 5. The number of hydrogen-bond donors (Lipinski definition) is 1. The molecule has 3 rings (SSSR count). The predicted octanol–water partition coefficient (Wildman–Crippen LogP) is 3.18. The third-order valence-corrected chi connectivity index (χ3v) is 2.68. The molecule has 0 saturated carbocycles. The number of rotatable bonds is 4.